The molecule has 1 aliphatic rings. The van der Waals surface area contributed by atoms with Crippen molar-refractivity contribution < 1.29 is 27.5 Å². The van der Waals surface area contributed by atoms with Crippen LogP contribution in [0.4, 0.5) is 5.69 Å². The lowest BCUT2D eigenvalue weighted by atomic mass is 10.0. The summed E-state index contributed by atoms with van der Waals surface area (Å²) in [4.78, 5) is 25.5. The third-order valence-corrected chi connectivity index (χ3v) is 6.77. The molecule has 1 unspecified atom stereocenters. The first-order chi connectivity index (χ1) is 14.9. The van der Waals surface area contributed by atoms with E-state index in [2.05, 4.69) is 0 Å². The van der Waals surface area contributed by atoms with Gasteiger partial charge in [0.15, 0.2) is 5.78 Å². The fraction of sp³-hybridized carbons (Fsp3) is 0.130. The smallest absolute Gasteiger partial charge is 0.337 e. The number of ketones is 1. The van der Waals surface area contributed by atoms with Gasteiger partial charge in [0.05, 0.1) is 17.7 Å². The third kappa shape index (κ3) is 3.66. The van der Waals surface area contributed by atoms with Crippen LogP contribution in [0.25, 0.3) is 0 Å². The molecule has 31 heavy (non-hydrogen) atoms. The van der Waals surface area contributed by atoms with Gasteiger partial charge in [0.25, 0.3) is 10.0 Å². The SMILES string of the molecule is COC(=O)C1C(=O)c2ccccc2S(=O)(=O)N1c1ccccc1OCc1ccccc1. The van der Waals surface area contributed by atoms with E-state index in [9.17, 15) is 18.0 Å². The van der Waals surface area contributed by atoms with Gasteiger partial charge in [0.1, 0.15) is 12.4 Å². The van der Waals surface area contributed by atoms with Crippen molar-refractivity contribution in [3.05, 3.63) is 90.0 Å². The average molecular weight is 437 g/mol. The Bertz CT molecular complexity index is 1240. The maximum Gasteiger partial charge on any atom is 0.337 e. The van der Waals surface area contributed by atoms with Gasteiger partial charge in [0, 0.05) is 5.56 Å². The summed E-state index contributed by atoms with van der Waals surface area (Å²) in [6, 6.07) is 19.8. The van der Waals surface area contributed by atoms with Crippen LogP contribution in [0, 0.1) is 0 Å². The van der Waals surface area contributed by atoms with E-state index in [1.165, 1.54) is 24.3 Å². The number of nitrogens with zero attached hydrogens (tertiary/aromatic N) is 1. The summed E-state index contributed by atoms with van der Waals surface area (Å²) in [5, 5.41) is 0. The zero-order chi connectivity index (χ0) is 22.0. The second kappa shape index (κ2) is 8.23. The molecule has 4 rings (SSSR count). The monoisotopic (exact) mass is 437 g/mol. The number of hydrogen-bond acceptors (Lipinski definition) is 6. The van der Waals surface area contributed by atoms with Gasteiger partial charge in [-0.1, -0.05) is 54.6 Å². The first-order valence-corrected chi connectivity index (χ1v) is 10.9. The fourth-order valence-electron chi connectivity index (χ4n) is 3.47. The van der Waals surface area contributed by atoms with Crippen LogP contribution < -0.4 is 9.04 Å². The van der Waals surface area contributed by atoms with Crippen molar-refractivity contribution >= 4 is 27.5 Å². The zero-order valence-corrected chi connectivity index (χ0v) is 17.4. The third-order valence-electron chi connectivity index (χ3n) is 4.94. The van der Waals surface area contributed by atoms with Crippen molar-refractivity contribution in [3.63, 3.8) is 0 Å². The molecule has 0 amide bonds. The number of fused-ring (bicyclic) bond motifs is 1. The molecule has 0 aromatic heterocycles. The Morgan fingerprint density at radius 2 is 1.58 bits per heavy atom. The summed E-state index contributed by atoms with van der Waals surface area (Å²) in [7, 11) is -3.14. The number of sulfonamides is 1. The molecule has 158 valence electrons. The number of hydrogen-bond donors (Lipinski definition) is 0. The molecule has 3 aromatic rings. The molecule has 1 heterocycles. The molecule has 0 radical (unpaired) electrons. The first-order valence-electron chi connectivity index (χ1n) is 9.46. The number of rotatable bonds is 5. The van der Waals surface area contributed by atoms with Crippen LogP contribution in [0.15, 0.2) is 83.8 Å². The Morgan fingerprint density at radius 1 is 0.935 bits per heavy atom. The van der Waals surface area contributed by atoms with E-state index in [4.69, 9.17) is 9.47 Å². The number of para-hydroxylation sites is 2. The Morgan fingerprint density at radius 3 is 2.32 bits per heavy atom. The molecule has 0 N–H and O–H groups in total. The molecule has 8 heteroatoms. The van der Waals surface area contributed by atoms with Crippen LogP contribution in [0.1, 0.15) is 15.9 Å². The summed E-state index contributed by atoms with van der Waals surface area (Å²) < 4.78 is 38.5. The van der Waals surface area contributed by atoms with Crippen molar-refractivity contribution in [2.75, 3.05) is 11.4 Å². The maximum atomic E-state index is 13.5. The van der Waals surface area contributed by atoms with Gasteiger partial charge < -0.3 is 9.47 Å². The lowest BCUT2D eigenvalue weighted by Crippen LogP contribution is -2.54. The van der Waals surface area contributed by atoms with Crippen molar-refractivity contribution in [1.29, 1.82) is 0 Å². The molecule has 0 aliphatic carbocycles. The summed E-state index contributed by atoms with van der Waals surface area (Å²) in [5.74, 6) is -1.41. The Labute approximate surface area is 179 Å². The van der Waals surface area contributed by atoms with Gasteiger partial charge >= 0.3 is 5.97 Å². The minimum absolute atomic E-state index is 0.0446. The predicted octanol–water partition coefficient (Wildman–Crippen LogP) is 3.20. The molecule has 0 saturated carbocycles. The topological polar surface area (TPSA) is 90.0 Å². The molecule has 0 spiro atoms. The molecule has 7 nitrogen and oxygen atoms in total. The van der Waals surface area contributed by atoms with E-state index < -0.39 is 27.8 Å². The number of carbonyl (C=O) groups is 2. The fourth-order valence-corrected chi connectivity index (χ4v) is 5.25. The highest BCUT2D eigenvalue weighted by Gasteiger charge is 2.49. The lowest BCUT2D eigenvalue weighted by Gasteiger charge is -2.35. The summed E-state index contributed by atoms with van der Waals surface area (Å²) >= 11 is 0. The van der Waals surface area contributed by atoms with Crippen molar-refractivity contribution in [1.82, 2.24) is 0 Å². The second-order valence-electron chi connectivity index (χ2n) is 6.83. The van der Waals surface area contributed by atoms with Crippen LogP contribution >= 0.6 is 0 Å². The highest BCUT2D eigenvalue weighted by Crippen LogP contribution is 2.39. The summed E-state index contributed by atoms with van der Waals surface area (Å²) in [6.45, 7) is 0.180. The maximum absolute atomic E-state index is 13.5. The number of benzene rings is 3. The molecular weight excluding hydrogens is 418 g/mol. The quantitative estimate of drug-likeness (QED) is 0.450. The average Bonchev–Trinajstić information content (AvgIpc) is 2.80. The van der Waals surface area contributed by atoms with Crippen molar-refractivity contribution in [3.8, 4) is 5.75 Å². The van der Waals surface area contributed by atoms with Gasteiger partial charge in [-0.3, -0.25) is 4.79 Å². The zero-order valence-electron chi connectivity index (χ0n) is 16.6. The minimum Gasteiger partial charge on any atom is -0.487 e. The van der Waals surface area contributed by atoms with E-state index in [1.807, 2.05) is 30.3 Å². The van der Waals surface area contributed by atoms with Crippen LogP contribution in [-0.4, -0.2) is 33.3 Å². The van der Waals surface area contributed by atoms with E-state index in [1.54, 1.807) is 24.3 Å². The first kappa shape index (κ1) is 20.6. The molecule has 0 bridgehead atoms. The van der Waals surface area contributed by atoms with Crippen molar-refractivity contribution in [2.45, 2.75) is 17.5 Å². The van der Waals surface area contributed by atoms with Gasteiger partial charge in [0.2, 0.25) is 6.04 Å². The number of anilines is 1. The Hall–Kier alpha value is -3.65. The molecule has 0 fully saturated rings. The number of methoxy groups -OCH3 is 1. The van der Waals surface area contributed by atoms with Gasteiger partial charge in [-0.05, 0) is 29.8 Å². The van der Waals surface area contributed by atoms with Gasteiger partial charge in [-0.15, -0.1) is 0 Å². The summed E-state index contributed by atoms with van der Waals surface area (Å²) in [5.41, 5.74) is 0.915. The highest BCUT2D eigenvalue weighted by atomic mass is 32.2. The number of ether oxygens (including phenoxy) is 2. The molecule has 1 aliphatic heterocycles. The van der Waals surface area contributed by atoms with Gasteiger partial charge in [-0.2, -0.15) is 0 Å². The van der Waals surface area contributed by atoms with Crippen LogP contribution in [0.2, 0.25) is 0 Å². The predicted molar refractivity (Wildman–Crippen MR) is 113 cm³/mol. The molecule has 3 aromatic carbocycles. The van der Waals surface area contributed by atoms with E-state index in [-0.39, 0.29) is 28.5 Å². The largest absolute Gasteiger partial charge is 0.487 e. The van der Waals surface area contributed by atoms with E-state index >= 15 is 0 Å². The Balaban J connectivity index is 1.84. The molecule has 1 atom stereocenters. The Kier molecular flexibility index (Phi) is 5.48. The number of Topliss-reactive ketones (excluding diaryl/α,β-unsaturated/α-hetero) is 1. The second-order valence-corrected chi connectivity index (χ2v) is 8.61. The molecule has 0 saturated heterocycles. The number of esters is 1. The van der Waals surface area contributed by atoms with Crippen LogP contribution in [0.5, 0.6) is 5.75 Å². The van der Waals surface area contributed by atoms with E-state index in [0.717, 1.165) is 17.0 Å². The highest BCUT2D eigenvalue weighted by molar-refractivity contribution is 7.93. The van der Waals surface area contributed by atoms with Crippen LogP contribution in [0.3, 0.4) is 0 Å². The number of carbonyl (C=O) groups excluding carboxylic acids is 2. The summed E-state index contributed by atoms with van der Waals surface area (Å²) in [6.07, 6.45) is 0. The van der Waals surface area contributed by atoms with E-state index in [0.29, 0.717) is 0 Å². The van der Waals surface area contributed by atoms with Crippen molar-refractivity contribution in [2.24, 2.45) is 0 Å². The standard InChI is InChI=1S/C23H19NO6S/c1-29-23(26)21-22(25)17-11-5-8-14-20(17)31(27,28)24(21)18-12-6-7-13-19(18)30-15-16-9-3-2-4-10-16/h2-14,21H,15H2,1H3. The minimum atomic E-state index is -4.25. The molecular formula is C23H19NO6S. The van der Waals surface area contributed by atoms with Gasteiger partial charge in [-0.25, -0.2) is 17.5 Å². The normalized spacial score (nSPS) is 17.0. The van der Waals surface area contributed by atoms with Crippen LogP contribution in [-0.2, 0) is 26.2 Å². The lowest BCUT2D eigenvalue weighted by molar-refractivity contribution is -0.140.